The van der Waals surface area contributed by atoms with E-state index in [4.69, 9.17) is 0 Å². The Morgan fingerprint density at radius 2 is 2.21 bits per heavy atom. The number of Topliss-reactive ketones (excluding diaryl/α,β-unsaturated/α-hetero) is 1. The number of halogens is 1. The molecule has 72 valence electrons. The fourth-order valence-electron chi connectivity index (χ4n) is 1.12. The molecular weight excluding hydrogens is 179 g/mol. The molecular formula is C12H11FO. The monoisotopic (exact) mass is 190 g/mol. The molecule has 14 heavy (non-hydrogen) atoms. The van der Waals surface area contributed by atoms with Gasteiger partial charge in [-0.05, 0) is 26.0 Å². The highest BCUT2D eigenvalue weighted by Gasteiger charge is 2.09. The molecule has 1 aromatic rings. The first-order chi connectivity index (χ1) is 6.65. The van der Waals surface area contributed by atoms with E-state index in [1.807, 2.05) is 6.92 Å². The lowest BCUT2D eigenvalue weighted by molar-refractivity contribution is 0.0994. The number of carbonyl (C=O) groups excluding carboxylic acids is 1. The van der Waals surface area contributed by atoms with Crippen molar-refractivity contribution >= 4 is 5.78 Å². The maximum atomic E-state index is 13.2. The molecule has 0 atom stereocenters. The van der Waals surface area contributed by atoms with Crippen molar-refractivity contribution in [3.63, 3.8) is 0 Å². The van der Waals surface area contributed by atoms with Crippen LogP contribution in [0.1, 0.15) is 29.3 Å². The van der Waals surface area contributed by atoms with Crippen LogP contribution in [0.15, 0.2) is 18.2 Å². The summed E-state index contributed by atoms with van der Waals surface area (Å²) in [5, 5.41) is 0. The molecule has 0 N–H and O–H groups in total. The third-order valence-electron chi connectivity index (χ3n) is 1.85. The Morgan fingerprint density at radius 3 is 2.86 bits per heavy atom. The lowest BCUT2D eigenvalue weighted by atomic mass is 10.1. The molecule has 0 radical (unpaired) electrons. The molecule has 0 aliphatic rings. The maximum absolute atomic E-state index is 13.2. The normalized spacial score (nSPS) is 9.07. The molecule has 1 nitrogen and oxygen atoms in total. The summed E-state index contributed by atoms with van der Waals surface area (Å²) in [5.41, 5.74) is 1.01. The second kappa shape index (κ2) is 4.57. The zero-order chi connectivity index (χ0) is 10.6. The Kier molecular flexibility index (Phi) is 3.41. The van der Waals surface area contributed by atoms with Crippen LogP contribution in [0.25, 0.3) is 0 Å². The van der Waals surface area contributed by atoms with Gasteiger partial charge in [0.1, 0.15) is 5.82 Å². The highest BCUT2D eigenvalue weighted by Crippen LogP contribution is 2.11. The van der Waals surface area contributed by atoms with Crippen LogP contribution >= 0.6 is 0 Å². The molecule has 0 saturated carbocycles. The average molecular weight is 190 g/mol. The molecule has 0 aromatic heterocycles. The smallest absolute Gasteiger partial charge is 0.177 e. The van der Waals surface area contributed by atoms with Crippen LogP contribution in [0.4, 0.5) is 4.39 Å². The van der Waals surface area contributed by atoms with Crippen LogP contribution in [0.5, 0.6) is 0 Å². The fourth-order valence-corrected chi connectivity index (χ4v) is 1.12. The lowest BCUT2D eigenvalue weighted by Crippen LogP contribution is -2.01. The number of hydrogen-bond donors (Lipinski definition) is 0. The van der Waals surface area contributed by atoms with Crippen molar-refractivity contribution in [3.8, 4) is 11.8 Å². The Labute approximate surface area is 82.9 Å². The van der Waals surface area contributed by atoms with Crippen LogP contribution in [0, 0.1) is 24.6 Å². The third-order valence-corrected chi connectivity index (χ3v) is 1.85. The van der Waals surface area contributed by atoms with E-state index in [0.29, 0.717) is 0 Å². The van der Waals surface area contributed by atoms with Crippen LogP contribution in [0.3, 0.4) is 0 Å². The predicted octanol–water partition coefficient (Wildman–Crippen LogP) is 2.73. The van der Waals surface area contributed by atoms with Crippen LogP contribution in [-0.2, 0) is 0 Å². The molecule has 0 aliphatic heterocycles. The summed E-state index contributed by atoms with van der Waals surface area (Å²) >= 11 is 0. The SMILES string of the molecule is CC#CCC(=O)c1cc(C)ccc1F. The summed E-state index contributed by atoms with van der Waals surface area (Å²) in [6.07, 6.45) is 0.0802. The minimum Gasteiger partial charge on any atom is -0.293 e. The minimum atomic E-state index is -0.474. The van der Waals surface area contributed by atoms with Gasteiger partial charge in [0.05, 0.1) is 12.0 Å². The first-order valence-corrected chi connectivity index (χ1v) is 4.34. The summed E-state index contributed by atoms with van der Waals surface area (Å²) in [6.45, 7) is 3.47. The first kappa shape index (κ1) is 10.5. The summed E-state index contributed by atoms with van der Waals surface area (Å²) in [6, 6.07) is 4.49. The van der Waals surface area contributed by atoms with Crippen molar-refractivity contribution in [2.24, 2.45) is 0 Å². The Hall–Kier alpha value is -1.62. The summed E-state index contributed by atoms with van der Waals surface area (Å²) in [4.78, 5) is 11.4. The van der Waals surface area contributed by atoms with E-state index in [-0.39, 0.29) is 17.8 Å². The summed E-state index contributed by atoms with van der Waals surface area (Å²) in [5.74, 6) is 4.50. The molecule has 0 fully saturated rings. The third kappa shape index (κ3) is 2.43. The predicted molar refractivity (Wildman–Crippen MR) is 53.5 cm³/mol. The number of aryl methyl sites for hydroxylation is 1. The number of carbonyl (C=O) groups is 1. The van der Waals surface area contributed by atoms with E-state index in [9.17, 15) is 9.18 Å². The second-order valence-corrected chi connectivity index (χ2v) is 3.01. The largest absolute Gasteiger partial charge is 0.293 e. The Morgan fingerprint density at radius 1 is 1.50 bits per heavy atom. The van der Waals surface area contributed by atoms with E-state index in [0.717, 1.165) is 5.56 Å². The minimum absolute atomic E-state index is 0.0802. The molecule has 0 spiro atoms. The van der Waals surface area contributed by atoms with Gasteiger partial charge in [-0.1, -0.05) is 17.6 Å². The summed E-state index contributed by atoms with van der Waals surface area (Å²) in [7, 11) is 0. The number of ketones is 1. The van der Waals surface area contributed by atoms with Crippen molar-refractivity contribution in [2.45, 2.75) is 20.3 Å². The van der Waals surface area contributed by atoms with Crippen LogP contribution in [0.2, 0.25) is 0 Å². The maximum Gasteiger partial charge on any atom is 0.177 e. The highest BCUT2D eigenvalue weighted by molar-refractivity contribution is 5.97. The van der Waals surface area contributed by atoms with Gasteiger partial charge in [-0.3, -0.25) is 4.79 Å². The van der Waals surface area contributed by atoms with E-state index in [1.165, 1.54) is 6.07 Å². The van der Waals surface area contributed by atoms with Gasteiger partial charge in [0, 0.05) is 0 Å². The molecule has 0 amide bonds. The zero-order valence-electron chi connectivity index (χ0n) is 8.23. The number of rotatable bonds is 2. The van der Waals surface area contributed by atoms with Crippen molar-refractivity contribution < 1.29 is 9.18 Å². The highest BCUT2D eigenvalue weighted by atomic mass is 19.1. The molecule has 0 saturated heterocycles. The quantitative estimate of drug-likeness (QED) is 0.517. The zero-order valence-corrected chi connectivity index (χ0v) is 8.23. The number of hydrogen-bond acceptors (Lipinski definition) is 1. The molecule has 1 aromatic carbocycles. The van der Waals surface area contributed by atoms with E-state index < -0.39 is 5.82 Å². The average Bonchev–Trinajstić information content (AvgIpc) is 2.18. The van der Waals surface area contributed by atoms with E-state index in [2.05, 4.69) is 11.8 Å². The van der Waals surface area contributed by atoms with Crippen molar-refractivity contribution in [3.05, 3.63) is 35.1 Å². The van der Waals surface area contributed by atoms with Gasteiger partial charge >= 0.3 is 0 Å². The molecule has 0 heterocycles. The molecule has 0 bridgehead atoms. The van der Waals surface area contributed by atoms with Gasteiger partial charge < -0.3 is 0 Å². The van der Waals surface area contributed by atoms with Gasteiger partial charge in [0.2, 0.25) is 0 Å². The topological polar surface area (TPSA) is 17.1 Å². The molecule has 0 unspecified atom stereocenters. The second-order valence-electron chi connectivity index (χ2n) is 3.01. The van der Waals surface area contributed by atoms with Crippen molar-refractivity contribution in [1.29, 1.82) is 0 Å². The Balaban J connectivity index is 2.98. The van der Waals surface area contributed by atoms with Crippen molar-refractivity contribution in [1.82, 2.24) is 0 Å². The fraction of sp³-hybridized carbons (Fsp3) is 0.250. The van der Waals surface area contributed by atoms with Gasteiger partial charge in [-0.15, -0.1) is 5.92 Å². The van der Waals surface area contributed by atoms with Gasteiger partial charge in [0.25, 0.3) is 0 Å². The molecule has 0 aliphatic carbocycles. The molecule has 1 rings (SSSR count). The van der Waals surface area contributed by atoms with E-state index >= 15 is 0 Å². The first-order valence-electron chi connectivity index (χ1n) is 4.34. The lowest BCUT2D eigenvalue weighted by Gasteiger charge is -2.00. The number of benzene rings is 1. The van der Waals surface area contributed by atoms with Crippen LogP contribution < -0.4 is 0 Å². The van der Waals surface area contributed by atoms with Crippen molar-refractivity contribution in [2.75, 3.05) is 0 Å². The molecule has 2 heteroatoms. The van der Waals surface area contributed by atoms with Gasteiger partial charge in [0.15, 0.2) is 5.78 Å². The van der Waals surface area contributed by atoms with Gasteiger partial charge in [-0.2, -0.15) is 0 Å². The standard InChI is InChI=1S/C12H11FO/c1-3-4-5-12(14)10-8-9(2)6-7-11(10)13/h6-8H,5H2,1-2H3. The Bertz CT molecular complexity index is 410. The van der Waals surface area contributed by atoms with Gasteiger partial charge in [-0.25, -0.2) is 4.39 Å². The summed E-state index contributed by atoms with van der Waals surface area (Å²) < 4.78 is 13.2. The van der Waals surface area contributed by atoms with E-state index in [1.54, 1.807) is 19.1 Å². The van der Waals surface area contributed by atoms with Crippen LogP contribution in [-0.4, -0.2) is 5.78 Å².